The van der Waals surface area contributed by atoms with E-state index in [0.717, 1.165) is 17.3 Å². The lowest BCUT2D eigenvalue weighted by Crippen LogP contribution is -2.32. The van der Waals surface area contributed by atoms with Crippen molar-refractivity contribution in [3.8, 4) is 0 Å². The van der Waals surface area contributed by atoms with Crippen molar-refractivity contribution in [1.29, 1.82) is 0 Å². The topological polar surface area (TPSA) is 106 Å². The molecule has 0 aromatic heterocycles. The van der Waals surface area contributed by atoms with E-state index in [4.69, 9.17) is 9.47 Å². The molecular formula is C18H25N3O5S. The smallest absolute Gasteiger partial charge is 0.436 e. The fourth-order valence-corrected chi connectivity index (χ4v) is 2.39. The number of para-hydroxylation sites is 1. The molecule has 0 aliphatic rings. The van der Waals surface area contributed by atoms with Gasteiger partial charge in [-0.25, -0.2) is 9.59 Å². The second-order valence-corrected chi connectivity index (χ2v) is 7.24. The van der Waals surface area contributed by atoms with Gasteiger partial charge in [0.1, 0.15) is 11.9 Å². The first kappa shape index (κ1) is 22.5. The Morgan fingerprint density at radius 2 is 1.96 bits per heavy atom. The first-order chi connectivity index (χ1) is 12.7. The van der Waals surface area contributed by atoms with E-state index in [2.05, 4.69) is 15.6 Å². The van der Waals surface area contributed by atoms with Gasteiger partial charge in [-0.05, 0) is 39.3 Å². The summed E-state index contributed by atoms with van der Waals surface area (Å²) in [5.41, 5.74) is 0.800. The van der Waals surface area contributed by atoms with E-state index in [-0.39, 0.29) is 24.1 Å². The van der Waals surface area contributed by atoms with E-state index in [1.807, 2.05) is 12.1 Å². The van der Waals surface area contributed by atoms with Gasteiger partial charge in [-0.1, -0.05) is 30.0 Å². The van der Waals surface area contributed by atoms with E-state index in [1.54, 1.807) is 39.8 Å². The average Bonchev–Trinajstić information content (AvgIpc) is 2.57. The van der Waals surface area contributed by atoms with Crippen molar-refractivity contribution in [3.05, 3.63) is 29.8 Å². The SMILES string of the molecule is CCOC(=O)/N=C(/Nc1ccccc1CNC(=O)OC(C)(C)C)SCC=O. The molecule has 0 radical (unpaired) electrons. The number of benzene rings is 1. The highest BCUT2D eigenvalue weighted by Gasteiger charge is 2.16. The van der Waals surface area contributed by atoms with Gasteiger partial charge in [-0.3, -0.25) is 0 Å². The summed E-state index contributed by atoms with van der Waals surface area (Å²) in [6.07, 6.45) is -0.570. The van der Waals surface area contributed by atoms with Gasteiger partial charge in [-0.2, -0.15) is 4.99 Å². The van der Waals surface area contributed by atoms with Gasteiger partial charge in [0.05, 0.1) is 12.4 Å². The second-order valence-electron chi connectivity index (χ2n) is 6.23. The molecular weight excluding hydrogens is 370 g/mol. The Kier molecular flexibility index (Phi) is 9.35. The van der Waals surface area contributed by atoms with Gasteiger partial charge < -0.3 is 24.9 Å². The highest BCUT2D eigenvalue weighted by molar-refractivity contribution is 8.14. The van der Waals surface area contributed by atoms with Crippen molar-refractivity contribution in [2.75, 3.05) is 17.7 Å². The Morgan fingerprint density at radius 3 is 2.59 bits per heavy atom. The van der Waals surface area contributed by atoms with Crippen LogP contribution in [0.4, 0.5) is 15.3 Å². The Morgan fingerprint density at radius 1 is 1.26 bits per heavy atom. The zero-order chi connectivity index (χ0) is 20.3. The molecule has 2 N–H and O–H groups in total. The summed E-state index contributed by atoms with van der Waals surface area (Å²) in [5, 5.41) is 5.91. The highest BCUT2D eigenvalue weighted by atomic mass is 32.2. The number of rotatable bonds is 6. The minimum Gasteiger partial charge on any atom is -0.448 e. The number of hydrogen-bond donors (Lipinski definition) is 2. The fourth-order valence-electron chi connectivity index (χ4n) is 1.84. The Bertz CT molecular complexity index is 686. The molecule has 8 nitrogen and oxygen atoms in total. The molecule has 0 saturated heterocycles. The molecule has 2 amide bonds. The van der Waals surface area contributed by atoms with Crippen LogP contribution >= 0.6 is 11.8 Å². The monoisotopic (exact) mass is 395 g/mol. The molecule has 0 spiro atoms. The molecule has 0 aliphatic heterocycles. The molecule has 1 aromatic rings. The van der Waals surface area contributed by atoms with Crippen molar-refractivity contribution in [3.63, 3.8) is 0 Å². The first-order valence-corrected chi connectivity index (χ1v) is 9.37. The number of carbonyl (C=O) groups is 3. The zero-order valence-corrected chi connectivity index (χ0v) is 16.7. The third kappa shape index (κ3) is 9.64. The van der Waals surface area contributed by atoms with Crippen LogP contribution in [-0.2, 0) is 20.8 Å². The lowest BCUT2D eigenvalue weighted by molar-refractivity contribution is -0.105. The third-order valence-electron chi connectivity index (χ3n) is 2.83. The number of anilines is 1. The van der Waals surface area contributed by atoms with Crippen LogP contribution in [0.1, 0.15) is 33.3 Å². The van der Waals surface area contributed by atoms with Gasteiger partial charge in [0.15, 0.2) is 5.17 Å². The van der Waals surface area contributed by atoms with E-state index in [0.29, 0.717) is 12.0 Å². The van der Waals surface area contributed by atoms with Crippen molar-refractivity contribution >= 4 is 41.1 Å². The van der Waals surface area contributed by atoms with Crippen LogP contribution in [0.2, 0.25) is 0 Å². The zero-order valence-electron chi connectivity index (χ0n) is 15.9. The normalized spacial score (nSPS) is 11.5. The molecule has 0 heterocycles. The highest BCUT2D eigenvalue weighted by Crippen LogP contribution is 2.18. The van der Waals surface area contributed by atoms with Crippen molar-refractivity contribution < 1.29 is 23.9 Å². The number of carbonyl (C=O) groups excluding carboxylic acids is 3. The number of amides is 2. The number of aliphatic imine (C=N–C) groups is 1. The van der Waals surface area contributed by atoms with E-state index in [1.165, 1.54) is 0 Å². The van der Waals surface area contributed by atoms with Crippen LogP contribution in [0.5, 0.6) is 0 Å². The maximum absolute atomic E-state index is 11.8. The molecule has 0 unspecified atom stereocenters. The van der Waals surface area contributed by atoms with Crippen LogP contribution in [0.15, 0.2) is 29.3 Å². The summed E-state index contributed by atoms with van der Waals surface area (Å²) in [4.78, 5) is 37.9. The number of alkyl carbamates (subject to hydrolysis) is 1. The fraction of sp³-hybridized carbons (Fsp3) is 0.444. The summed E-state index contributed by atoms with van der Waals surface area (Å²) < 4.78 is 10.0. The van der Waals surface area contributed by atoms with E-state index < -0.39 is 17.8 Å². The van der Waals surface area contributed by atoms with Gasteiger partial charge in [0.25, 0.3) is 0 Å². The number of aldehydes is 1. The predicted octanol–water partition coefficient (Wildman–Crippen LogP) is 3.57. The van der Waals surface area contributed by atoms with Crippen LogP contribution in [0.25, 0.3) is 0 Å². The maximum Gasteiger partial charge on any atom is 0.436 e. The summed E-state index contributed by atoms with van der Waals surface area (Å²) in [6, 6.07) is 7.20. The van der Waals surface area contributed by atoms with Crippen molar-refractivity contribution in [1.82, 2.24) is 5.32 Å². The minimum atomic E-state index is -0.747. The summed E-state index contributed by atoms with van der Waals surface area (Å²) >= 11 is 1.07. The number of ether oxygens (including phenoxy) is 2. The number of hydrogen-bond acceptors (Lipinski definition) is 6. The van der Waals surface area contributed by atoms with Crippen molar-refractivity contribution in [2.45, 2.75) is 39.8 Å². The molecule has 27 heavy (non-hydrogen) atoms. The Balaban J connectivity index is 2.87. The van der Waals surface area contributed by atoms with Crippen LogP contribution < -0.4 is 10.6 Å². The summed E-state index contributed by atoms with van der Waals surface area (Å²) in [5.74, 6) is 0.129. The number of nitrogens with one attached hydrogen (secondary N) is 2. The van der Waals surface area contributed by atoms with Crippen LogP contribution in [0.3, 0.4) is 0 Å². The van der Waals surface area contributed by atoms with Crippen LogP contribution in [-0.4, -0.2) is 41.6 Å². The van der Waals surface area contributed by atoms with Gasteiger partial charge in [0.2, 0.25) is 0 Å². The Labute approximate surface area is 163 Å². The maximum atomic E-state index is 11.8. The van der Waals surface area contributed by atoms with E-state index in [9.17, 15) is 14.4 Å². The number of nitrogens with zero attached hydrogens (tertiary/aromatic N) is 1. The standard InChI is InChI=1S/C18H25N3O5S/c1-5-25-17(24)21-15(27-11-10-22)20-14-9-7-6-8-13(14)12-19-16(23)26-18(2,3)4/h6-10H,5,11-12H2,1-4H3,(H,19,23)(H,20,21,24). The van der Waals surface area contributed by atoms with E-state index >= 15 is 0 Å². The molecule has 0 bridgehead atoms. The lowest BCUT2D eigenvalue weighted by atomic mass is 10.2. The van der Waals surface area contributed by atoms with Crippen molar-refractivity contribution in [2.24, 2.45) is 4.99 Å². The average molecular weight is 395 g/mol. The first-order valence-electron chi connectivity index (χ1n) is 8.38. The molecule has 1 rings (SSSR count). The second kappa shape index (κ2) is 11.2. The molecule has 9 heteroatoms. The molecule has 1 aromatic carbocycles. The summed E-state index contributed by atoms with van der Waals surface area (Å²) in [6.45, 7) is 7.43. The largest absolute Gasteiger partial charge is 0.448 e. The summed E-state index contributed by atoms with van der Waals surface area (Å²) in [7, 11) is 0. The van der Waals surface area contributed by atoms with Gasteiger partial charge >= 0.3 is 12.2 Å². The van der Waals surface area contributed by atoms with Gasteiger partial charge in [0, 0.05) is 12.2 Å². The molecule has 0 aliphatic carbocycles. The minimum absolute atomic E-state index is 0.129. The number of amidine groups is 1. The molecule has 0 saturated carbocycles. The predicted molar refractivity (Wildman–Crippen MR) is 106 cm³/mol. The quantitative estimate of drug-likeness (QED) is 0.431. The molecule has 148 valence electrons. The molecule has 0 atom stereocenters. The molecule has 0 fully saturated rings. The van der Waals surface area contributed by atoms with Crippen LogP contribution in [0, 0.1) is 0 Å². The lowest BCUT2D eigenvalue weighted by Gasteiger charge is -2.20. The third-order valence-corrected chi connectivity index (χ3v) is 3.60. The Hall–Kier alpha value is -2.55. The number of thioether (sulfide) groups is 1. The van der Waals surface area contributed by atoms with Gasteiger partial charge in [-0.15, -0.1) is 0 Å².